The SMILES string of the molecule is CC(C)(C)OC(=O)NC(CCl)C(=O)NC(CCl)C(=O)OCc1ccccc1. The third kappa shape index (κ3) is 8.97. The van der Waals surface area contributed by atoms with Crippen molar-refractivity contribution in [1.29, 1.82) is 0 Å². The molecule has 0 saturated heterocycles. The van der Waals surface area contributed by atoms with Gasteiger partial charge in [0.05, 0.1) is 11.8 Å². The number of hydrogen-bond donors (Lipinski definition) is 2. The van der Waals surface area contributed by atoms with Crippen LogP contribution in [0, 0.1) is 0 Å². The Balaban J connectivity index is 2.58. The lowest BCUT2D eigenvalue weighted by Gasteiger charge is -2.23. The van der Waals surface area contributed by atoms with E-state index in [1.807, 2.05) is 18.2 Å². The molecule has 0 aromatic heterocycles. The van der Waals surface area contributed by atoms with Crippen LogP contribution >= 0.6 is 23.2 Å². The van der Waals surface area contributed by atoms with Gasteiger partial charge in [-0.3, -0.25) is 4.79 Å². The summed E-state index contributed by atoms with van der Waals surface area (Å²) in [5, 5.41) is 4.77. The van der Waals surface area contributed by atoms with E-state index in [9.17, 15) is 14.4 Å². The zero-order valence-electron chi connectivity index (χ0n) is 15.5. The number of halogens is 2. The van der Waals surface area contributed by atoms with Gasteiger partial charge in [0.25, 0.3) is 0 Å². The Morgan fingerprint density at radius 3 is 2.11 bits per heavy atom. The van der Waals surface area contributed by atoms with Gasteiger partial charge in [-0.05, 0) is 26.3 Å². The second-order valence-electron chi connectivity index (χ2n) is 6.66. The number of esters is 1. The van der Waals surface area contributed by atoms with Crippen LogP contribution in [-0.4, -0.2) is 47.4 Å². The third-order valence-electron chi connectivity index (χ3n) is 3.14. The smallest absolute Gasteiger partial charge is 0.408 e. The van der Waals surface area contributed by atoms with E-state index in [1.54, 1.807) is 32.9 Å². The van der Waals surface area contributed by atoms with Crippen molar-refractivity contribution in [3.05, 3.63) is 35.9 Å². The van der Waals surface area contributed by atoms with E-state index < -0.39 is 35.7 Å². The second-order valence-corrected chi connectivity index (χ2v) is 7.28. The number of ether oxygens (including phenoxy) is 2. The summed E-state index contributed by atoms with van der Waals surface area (Å²) in [7, 11) is 0. The third-order valence-corrected chi connectivity index (χ3v) is 3.76. The maximum Gasteiger partial charge on any atom is 0.408 e. The summed E-state index contributed by atoms with van der Waals surface area (Å²) in [5.41, 5.74) is 0.0767. The van der Waals surface area contributed by atoms with E-state index in [1.165, 1.54) is 0 Å². The molecule has 0 heterocycles. The highest BCUT2D eigenvalue weighted by Crippen LogP contribution is 2.07. The molecule has 9 heteroatoms. The molecule has 0 radical (unpaired) electrons. The number of carbonyl (C=O) groups excluding carboxylic acids is 3. The fraction of sp³-hybridized carbons (Fsp3) is 0.500. The van der Waals surface area contributed by atoms with E-state index in [2.05, 4.69) is 10.6 Å². The average molecular weight is 419 g/mol. The van der Waals surface area contributed by atoms with Gasteiger partial charge >= 0.3 is 12.1 Å². The van der Waals surface area contributed by atoms with Gasteiger partial charge in [0.1, 0.15) is 24.3 Å². The zero-order chi connectivity index (χ0) is 20.4. The fourth-order valence-corrected chi connectivity index (χ4v) is 2.31. The molecule has 27 heavy (non-hydrogen) atoms. The van der Waals surface area contributed by atoms with Crippen LogP contribution in [0.5, 0.6) is 0 Å². The molecule has 2 N–H and O–H groups in total. The first kappa shape index (κ1) is 23.0. The number of nitrogens with one attached hydrogen (secondary N) is 2. The van der Waals surface area contributed by atoms with Crippen LogP contribution in [0.2, 0.25) is 0 Å². The Morgan fingerprint density at radius 2 is 1.59 bits per heavy atom. The van der Waals surface area contributed by atoms with Crippen molar-refractivity contribution in [1.82, 2.24) is 10.6 Å². The van der Waals surface area contributed by atoms with Crippen molar-refractivity contribution in [3.63, 3.8) is 0 Å². The standard InChI is InChI=1S/C18H24Cl2N2O5/c1-18(2,3)27-17(25)22-13(9-19)15(23)21-14(10-20)16(24)26-11-12-7-5-4-6-8-12/h4-8,13-14H,9-11H2,1-3H3,(H,21,23)(H,22,25). The number of hydrogen-bond acceptors (Lipinski definition) is 5. The van der Waals surface area contributed by atoms with Gasteiger partial charge in [0.2, 0.25) is 5.91 Å². The highest BCUT2D eigenvalue weighted by molar-refractivity contribution is 6.21. The van der Waals surface area contributed by atoms with Crippen molar-refractivity contribution in [3.8, 4) is 0 Å². The predicted molar refractivity (Wildman–Crippen MR) is 103 cm³/mol. The molecular formula is C18H24Cl2N2O5. The quantitative estimate of drug-likeness (QED) is 0.499. The summed E-state index contributed by atoms with van der Waals surface area (Å²) >= 11 is 11.5. The van der Waals surface area contributed by atoms with Crippen molar-refractivity contribution in [2.24, 2.45) is 0 Å². The van der Waals surface area contributed by atoms with Crippen LogP contribution in [0.25, 0.3) is 0 Å². The highest BCUT2D eigenvalue weighted by atomic mass is 35.5. The van der Waals surface area contributed by atoms with Gasteiger partial charge in [0, 0.05) is 0 Å². The van der Waals surface area contributed by atoms with E-state index in [-0.39, 0.29) is 18.4 Å². The highest BCUT2D eigenvalue weighted by Gasteiger charge is 2.28. The summed E-state index contributed by atoms with van der Waals surface area (Å²) in [6.07, 6.45) is -0.794. The van der Waals surface area contributed by atoms with Crippen LogP contribution in [-0.2, 0) is 25.7 Å². The van der Waals surface area contributed by atoms with Crippen molar-refractivity contribution in [2.75, 3.05) is 11.8 Å². The molecular weight excluding hydrogens is 395 g/mol. The first-order valence-electron chi connectivity index (χ1n) is 8.28. The summed E-state index contributed by atoms with van der Waals surface area (Å²) < 4.78 is 10.2. The summed E-state index contributed by atoms with van der Waals surface area (Å²) in [6, 6.07) is 6.92. The molecule has 0 bridgehead atoms. The van der Waals surface area contributed by atoms with E-state index in [4.69, 9.17) is 32.7 Å². The number of amides is 2. The number of alkyl carbamates (subject to hydrolysis) is 1. The molecule has 7 nitrogen and oxygen atoms in total. The van der Waals surface area contributed by atoms with Crippen LogP contribution in [0.3, 0.4) is 0 Å². The van der Waals surface area contributed by atoms with Crippen molar-refractivity contribution in [2.45, 2.75) is 45.1 Å². The Morgan fingerprint density at radius 1 is 1.00 bits per heavy atom. The maximum atomic E-state index is 12.3. The van der Waals surface area contributed by atoms with Crippen molar-refractivity contribution >= 4 is 41.2 Å². The predicted octanol–water partition coefficient (Wildman–Crippen LogP) is 2.59. The van der Waals surface area contributed by atoms with E-state index in [0.717, 1.165) is 5.56 Å². The van der Waals surface area contributed by atoms with Crippen LogP contribution in [0.15, 0.2) is 30.3 Å². The van der Waals surface area contributed by atoms with E-state index in [0.29, 0.717) is 0 Å². The molecule has 1 aromatic carbocycles. The summed E-state index contributed by atoms with van der Waals surface area (Å²) in [4.78, 5) is 36.2. The van der Waals surface area contributed by atoms with Gasteiger partial charge in [-0.15, -0.1) is 23.2 Å². The molecule has 2 unspecified atom stereocenters. The largest absolute Gasteiger partial charge is 0.459 e. The molecule has 0 saturated carbocycles. The molecule has 0 aliphatic heterocycles. The Labute approximate surface area is 168 Å². The Bertz CT molecular complexity index is 634. The first-order chi connectivity index (χ1) is 12.7. The number of alkyl halides is 2. The monoisotopic (exact) mass is 418 g/mol. The van der Waals surface area contributed by atoms with Crippen molar-refractivity contribution < 1.29 is 23.9 Å². The average Bonchev–Trinajstić information content (AvgIpc) is 2.61. The topological polar surface area (TPSA) is 93.7 Å². The summed E-state index contributed by atoms with van der Waals surface area (Å²) in [5.74, 6) is -1.76. The zero-order valence-corrected chi connectivity index (χ0v) is 17.0. The molecule has 0 fully saturated rings. The molecule has 0 aliphatic carbocycles. The maximum absolute atomic E-state index is 12.3. The minimum Gasteiger partial charge on any atom is -0.459 e. The molecule has 150 valence electrons. The summed E-state index contributed by atoms with van der Waals surface area (Å²) in [6.45, 7) is 5.12. The van der Waals surface area contributed by atoms with E-state index >= 15 is 0 Å². The minimum absolute atomic E-state index is 0.0536. The lowest BCUT2D eigenvalue weighted by Crippen LogP contribution is -2.53. The van der Waals surface area contributed by atoms with Gasteiger partial charge in [0.15, 0.2) is 0 Å². The Hall–Kier alpha value is -1.99. The number of rotatable bonds is 8. The van der Waals surface area contributed by atoms with Crippen LogP contribution in [0.1, 0.15) is 26.3 Å². The van der Waals surface area contributed by atoms with Crippen LogP contribution < -0.4 is 10.6 Å². The lowest BCUT2D eigenvalue weighted by atomic mass is 10.2. The molecule has 2 atom stereocenters. The first-order valence-corrected chi connectivity index (χ1v) is 9.35. The van der Waals surface area contributed by atoms with Gasteiger partial charge in [-0.1, -0.05) is 30.3 Å². The fourth-order valence-electron chi connectivity index (χ4n) is 1.89. The molecule has 0 spiro atoms. The lowest BCUT2D eigenvalue weighted by molar-refractivity contribution is -0.148. The Kier molecular flexibility index (Phi) is 9.38. The molecule has 1 aromatic rings. The van der Waals surface area contributed by atoms with Gasteiger partial charge in [-0.2, -0.15) is 0 Å². The molecule has 2 amide bonds. The molecule has 1 rings (SSSR count). The molecule has 0 aliphatic rings. The normalized spacial score (nSPS) is 13.2. The van der Waals surface area contributed by atoms with Crippen LogP contribution in [0.4, 0.5) is 4.79 Å². The minimum atomic E-state index is -1.09. The number of carbonyl (C=O) groups is 3. The second kappa shape index (κ2) is 11.0. The number of benzene rings is 1. The van der Waals surface area contributed by atoms with Gasteiger partial charge < -0.3 is 20.1 Å². The van der Waals surface area contributed by atoms with Gasteiger partial charge in [-0.25, -0.2) is 9.59 Å².